The van der Waals surface area contributed by atoms with E-state index in [2.05, 4.69) is 121 Å². The Bertz CT molecular complexity index is 1180. The highest BCUT2D eigenvalue weighted by Gasteiger charge is 2.45. The summed E-state index contributed by atoms with van der Waals surface area (Å²) in [5.74, 6) is -0.788. The van der Waals surface area contributed by atoms with Gasteiger partial charge in [0.25, 0.3) is 0 Å². The molecule has 5 rings (SSSR count). The Balaban J connectivity index is 1.59. The van der Waals surface area contributed by atoms with Crippen LogP contribution in [0, 0.1) is 0 Å². The molecular formula is C33H33NO3P2. The van der Waals surface area contributed by atoms with Crippen molar-refractivity contribution in [3.8, 4) is 0 Å². The molecule has 6 heteroatoms. The molecule has 1 fully saturated rings. The number of hydrogen-bond acceptors (Lipinski definition) is 2. The summed E-state index contributed by atoms with van der Waals surface area (Å²) in [6, 6.07) is 43.1. The van der Waals surface area contributed by atoms with Gasteiger partial charge in [0.2, 0.25) is 5.91 Å². The molecule has 2 unspecified atom stereocenters. The summed E-state index contributed by atoms with van der Waals surface area (Å²) in [6.45, 7) is 1.37. The van der Waals surface area contributed by atoms with Gasteiger partial charge in [-0.1, -0.05) is 121 Å². The van der Waals surface area contributed by atoms with E-state index in [0.29, 0.717) is 19.5 Å². The number of nitrogens with zero attached hydrogens (tertiary/aromatic N) is 1. The summed E-state index contributed by atoms with van der Waals surface area (Å²) in [4.78, 5) is 26.6. The Kier molecular flexibility index (Phi) is 9.19. The fourth-order valence-electron chi connectivity index (χ4n) is 5.45. The molecule has 0 aliphatic carbocycles. The van der Waals surface area contributed by atoms with E-state index in [9.17, 15) is 9.59 Å². The van der Waals surface area contributed by atoms with Crippen molar-refractivity contribution >= 4 is 48.9 Å². The number of likely N-dealkylation sites (tertiary alicyclic amines) is 1. The topological polar surface area (TPSA) is 57.6 Å². The quantitative estimate of drug-likeness (QED) is 0.279. The van der Waals surface area contributed by atoms with Crippen molar-refractivity contribution in [2.45, 2.75) is 30.6 Å². The van der Waals surface area contributed by atoms with E-state index in [4.69, 9.17) is 5.11 Å². The van der Waals surface area contributed by atoms with Crippen molar-refractivity contribution in [1.82, 2.24) is 4.90 Å². The van der Waals surface area contributed by atoms with Gasteiger partial charge in [-0.25, -0.2) is 0 Å². The predicted octanol–water partition coefficient (Wildman–Crippen LogP) is 5.09. The Morgan fingerprint density at radius 1 is 0.590 bits per heavy atom. The molecule has 0 bridgehead atoms. The van der Waals surface area contributed by atoms with Gasteiger partial charge in [0.05, 0.1) is 0 Å². The van der Waals surface area contributed by atoms with Crippen LogP contribution in [-0.4, -0.2) is 46.3 Å². The maximum absolute atomic E-state index is 13.5. The molecule has 0 spiro atoms. The third-order valence-electron chi connectivity index (χ3n) is 7.19. The number of benzene rings is 4. The van der Waals surface area contributed by atoms with Crippen LogP contribution in [-0.2, 0) is 9.59 Å². The summed E-state index contributed by atoms with van der Waals surface area (Å²) < 4.78 is 0. The van der Waals surface area contributed by atoms with Crippen LogP contribution in [0.5, 0.6) is 0 Å². The molecule has 2 atom stereocenters. The summed E-state index contributed by atoms with van der Waals surface area (Å²) >= 11 is 0. The number of carbonyl (C=O) groups excluding carboxylic acids is 1. The molecule has 39 heavy (non-hydrogen) atoms. The average molecular weight is 554 g/mol. The normalized spacial score (nSPS) is 17.0. The van der Waals surface area contributed by atoms with Gasteiger partial charge in [-0.05, 0) is 43.5 Å². The minimum Gasteiger partial charge on any atom is -0.481 e. The van der Waals surface area contributed by atoms with Gasteiger partial charge in [0.15, 0.2) is 0 Å². The Hall–Kier alpha value is -3.32. The third kappa shape index (κ3) is 6.64. The number of amides is 1. The highest BCUT2D eigenvalue weighted by molar-refractivity contribution is 7.77. The van der Waals surface area contributed by atoms with Crippen molar-refractivity contribution in [1.29, 1.82) is 0 Å². The minimum atomic E-state index is -0.853. The third-order valence-corrected chi connectivity index (χ3v) is 13.2. The number of aliphatic carboxylic acids is 1. The van der Waals surface area contributed by atoms with Crippen LogP contribution >= 0.6 is 15.8 Å². The summed E-state index contributed by atoms with van der Waals surface area (Å²) in [5.41, 5.74) is 0.527. The van der Waals surface area contributed by atoms with Gasteiger partial charge >= 0.3 is 5.97 Å². The van der Waals surface area contributed by atoms with E-state index in [1.807, 2.05) is 4.90 Å². The van der Waals surface area contributed by atoms with Gasteiger partial charge in [-0.15, -0.1) is 0 Å². The molecule has 4 nitrogen and oxygen atoms in total. The fourth-order valence-corrected chi connectivity index (χ4v) is 11.9. The van der Waals surface area contributed by atoms with Crippen LogP contribution in [0.3, 0.4) is 0 Å². The minimum absolute atomic E-state index is 0.0217. The van der Waals surface area contributed by atoms with Gasteiger partial charge in [0, 0.05) is 37.2 Å². The van der Waals surface area contributed by atoms with E-state index >= 15 is 0 Å². The first-order valence-corrected chi connectivity index (χ1v) is 16.2. The predicted molar refractivity (Wildman–Crippen MR) is 164 cm³/mol. The van der Waals surface area contributed by atoms with E-state index < -0.39 is 21.8 Å². The second-order valence-electron chi connectivity index (χ2n) is 9.76. The first-order chi connectivity index (χ1) is 19.1. The molecule has 0 radical (unpaired) electrons. The lowest BCUT2D eigenvalue weighted by Gasteiger charge is -2.34. The van der Waals surface area contributed by atoms with Crippen molar-refractivity contribution in [3.05, 3.63) is 121 Å². The first-order valence-electron chi connectivity index (χ1n) is 13.4. The number of carboxylic acid groups (broad SMARTS) is 1. The smallest absolute Gasteiger partial charge is 0.303 e. The van der Waals surface area contributed by atoms with Gasteiger partial charge in [-0.2, -0.15) is 0 Å². The Labute approximate surface area is 233 Å². The van der Waals surface area contributed by atoms with Crippen LogP contribution in [0.4, 0.5) is 0 Å². The van der Waals surface area contributed by atoms with Crippen molar-refractivity contribution in [2.75, 3.05) is 13.1 Å². The van der Waals surface area contributed by atoms with E-state index in [1.165, 1.54) is 21.2 Å². The Morgan fingerprint density at radius 2 is 0.923 bits per heavy atom. The van der Waals surface area contributed by atoms with Crippen LogP contribution in [0.1, 0.15) is 19.3 Å². The van der Waals surface area contributed by atoms with E-state index in [0.717, 1.165) is 0 Å². The zero-order valence-electron chi connectivity index (χ0n) is 21.8. The highest BCUT2D eigenvalue weighted by atomic mass is 31.1. The molecule has 0 saturated carbocycles. The van der Waals surface area contributed by atoms with Gasteiger partial charge in [-0.3, -0.25) is 9.59 Å². The first kappa shape index (κ1) is 27.3. The lowest BCUT2D eigenvalue weighted by molar-refractivity contribution is -0.137. The van der Waals surface area contributed by atoms with Crippen LogP contribution in [0.2, 0.25) is 0 Å². The zero-order valence-corrected chi connectivity index (χ0v) is 23.6. The van der Waals surface area contributed by atoms with Gasteiger partial charge < -0.3 is 10.0 Å². The lowest BCUT2D eigenvalue weighted by atomic mass is 10.2. The zero-order chi connectivity index (χ0) is 27.0. The standard InChI is InChI=1S/C33H33NO3P2/c35-32(22-13-23-33(36)37)34-24-30(38(26-14-5-1-6-15-26)27-16-7-2-8-17-27)31(25-34)39(28-18-9-3-10-19-28)29-20-11-4-12-21-29/h1-12,14-21,30-31H,13,22-25H2,(H,36,37). The van der Waals surface area contributed by atoms with Crippen molar-refractivity contribution in [2.24, 2.45) is 0 Å². The van der Waals surface area contributed by atoms with Gasteiger partial charge in [0.1, 0.15) is 0 Å². The molecule has 198 valence electrons. The molecule has 0 aromatic heterocycles. The number of hydrogen-bond donors (Lipinski definition) is 1. The molecule has 1 aliphatic rings. The average Bonchev–Trinajstić information content (AvgIpc) is 3.40. The maximum atomic E-state index is 13.5. The molecule has 1 amide bonds. The van der Waals surface area contributed by atoms with E-state index in [1.54, 1.807) is 0 Å². The van der Waals surface area contributed by atoms with Crippen molar-refractivity contribution < 1.29 is 14.7 Å². The SMILES string of the molecule is O=C(O)CCCC(=O)N1CC(P(c2ccccc2)c2ccccc2)C(P(c2ccccc2)c2ccccc2)C1. The fraction of sp³-hybridized carbons (Fsp3) is 0.212. The number of carboxylic acids is 1. The summed E-state index contributed by atoms with van der Waals surface area (Å²) in [7, 11) is -1.50. The number of carbonyl (C=O) groups is 2. The van der Waals surface area contributed by atoms with Crippen LogP contribution in [0.25, 0.3) is 0 Å². The molecule has 1 N–H and O–H groups in total. The monoisotopic (exact) mass is 553 g/mol. The lowest BCUT2D eigenvalue weighted by Crippen LogP contribution is -2.34. The molecule has 1 aliphatic heterocycles. The molecule has 1 saturated heterocycles. The molecule has 1 heterocycles. The molecule has 4 aromatic rings. The molecule has 4 aromatic carbocycles. The Morgan fingerprint density at radius 3 is 1.23 bits per heavy atom. The number of rotatable bonds is 10. The summed E-state index contributed by atoms with van der Waals surface area (Å²) in [6.07, 6.45) is 0.668. The molecular weight excluding hydrogens is 520 g/mol. The van der Waals surface area contributed by atoms with E-state index in [-0.39, 0.29) is 30.1 Å². The maximum Gasteiger partial charge on any atom is 0.303 e. The second kappa shape index (κ2) is 13.2. The second-order valence-corrected chi connectivity index (χ2v) is 14.6. The largest absolute Gasteiger partial charge is 0.481 e. The van der Waals surface area contributed by atoms with Crippen LogP contribution < -0.4 is 21.2 Å². The highest BCUT2D eigenvalue weighted by Crippen LogP contribution is 2.54. The summed E-state index contributed by atoms with van der Waals surface area (Å²) in [5, 5.41) is 14.4. The van der Waals surface area contributed by atoms with Crippen molar-refractivity contribution in [3.63, 3.8) is 0 Å². The van der Waals surface area contributed by atoms with Crippen LogP contribution in [0.15, 0.2) is 121 Å².